The molecule has 1 aromatic rings. The van der Waals surface area contributed by atoms with Gasteiger partial charge in [0.25, 0.3) is 0 Å². The molecule has 0 aliphatic heterocycles. The van der Waals surface area contributed by atoms with Gasteiger partial charge in [0.05, 0.1) is 10.7 Å². The van der Waals surface area contributed by atoms with Crippen molar-refractivity contribution in [1.82, 2.24) is 0 Å². The molecule has 0 radical (unpaired) electrons. The quantitative estimate of drug-likeness (QED) is 0.148. The Bertz CT molecular complexity index is 464. The van der Waals surface area contributed by atoms with Crippen LogP contribution in [-0.2, 0) is 0 Å². The summed E-state index contributed by atoms with van der Waals surface area (Å²) in [7, 11) is 0. The zero-order valence-corrected chi connectivity index (χ0v) is 19.2. The van der Waals surface area contributed by atoms with Crippen molar-refractivity contribution in [3.63, 3.8) is 0 Å². The normalized spacial score (nSPS) is 11.2. The monoisotopic (exact) mass is 411 g/mol. The van der Waals surface area contributed by atoms with E-state index in [1.54, 1.807) is 0 Å². The molecule has 27 heavy (non-hydrogen) atoms. The van der Waals surface area contributed by atoms with Gasteiger partial charge in [0.15, 0.2) is 0 Å². The molecule has 0 fully saturated rings. The van der Waals surface area contributed by atoms with Crippen LogP contribution in [0.4, 0.5) is 5.69 Å². The summed E-state index contributed by atoms with van der Waals surface area (Å²) in [5.74, 6) is 1.18. The van der Waals surface area contributed by atoms with Crippen LogP contribution in [0, 0.1) is 0 Å². The zero-order chi connectivity index (χ0) is 19.6. The first-order chi connectivity index (χ1) is 13.2. The van der Waals surface area contributed by atoms with E-state index < -0.39 is 0 Å². The van der Waals surface area contributed by atoms with Crippen LogP contribution < -0.4 is 5.73 Å². The minimum absolute atomic E-state index is 0.654. The van der Waals surface area contributed by atoms with Crippen molar-refractivity contribution < 1.29 is 0 Å². The van der Waals surface area contributed by atoms with Crippen LogP contribution in [0.2, 0.25) is 5.02 Å². The van der Waals surface area contributed by atoms with E-state index in [1.807, 2.05) is 23.9 Å². The summed E-state index contributed by atoms with van der Waals surface area (Å²) in [5.41, 5.74) is 6.53. The number of hydrogen-bond donors (Lipinski definition) is 1. The second kappa shape index (κ2) is 17.7. The molecule has 0 heterocycles. The lowest BCUT2D eigenvalue weighted by molar-refractivity contribution is 0.531. The van der Waals surface area contributed by atoms with Crippen molar-refractivity contribution in [2.45, 2.75) is 115 Å². The molecule has 0 unspecified atom stereocenters. The van der Waals surface area contributed by atoms with E-state index in [0.29, 0.717) is 10.7 Å². The molecule has 0 amide bonds. The molecule has 2 N–H and O–H groups in total. The van der Waals surface area contributed by atoms with Gasteiger partial charge in [-0.25, -0.2) is 0 Å². The highest BCUT2D eigenvalue weighted by molar-refractivity contribution is 7.99. The maximum absolute atomic E-state index is 5.95. The van der Waals surface area contributed by atoms with Gasteiger partial charge in [0, 0.05) is 4.90 Å². The largest absolute Gasteiger partial charge is 0.397 e. The number of nitrogen functional groups attached to an aromatic ring is 1. The standard InChI is InChI=1S/C24H42ClNS/c1-2-3-4-5-6-7-8-9-10-11-12-13-14-15-16-17-20-27-22-18-19-23(25)24(26)21-22/h18-19,21H,2-17,20,26H2,1H3. The molecule has 0 atom stereocenters. The Balaban J connectivity index is 1.77. The molecule has 156 valence electrons. The third kappa shape index (κ3) is 14.3. The molecule has 1 nitrogen and oxygen atoms in total. The highest BCUT2D eigenvalue weighted by atomic mass is 35.5. The molecular weight excluding hydrogens is 370 g/mol. The molecule has 0 aliphatic rings. The van der Waals surface area contributed by atoms with Crippen molar-refractivity contribution in [3.05, 3.63) is 23.2 Å². The van der Waals surface area contributed by atoms with Crippen molar-refractivity contribution in [1.29, 1.82) is 0 Å². The number of thioether (sulfide) groups is 1. The number of anilines is 1. The van der Waals surface area contributed by atoms with Crippen LogP contribution in [0.25, 0.3) is 0 Å². The third-order valence-electron chi connectivity index (χ3n) is 5.23. The average Bonchev–Trinajstić information content (AvgIpc) is 2.67. The summed E-state index contributed by atoms with van der Waals surface area (Å²) in [6.45, 7) is 2.29. The van der Waals surface area contributed by atoms with Crippen LogP contribution in [0.15, 0.2) is 23.1 Å². The Morgan fingerprint density at radius 3 is 1.59 bits per heavy atom. The topological polar surface area (TPSA) is 26.0 Å². The Kier molecular flexibility index (Phi) is 16.2. The average molecular weight is 412 g/mol. The summed E-state index contributed by atoms with van der Waals surface area (Å²) in [6, 6.07) is 5.95. The van der Waals surface area contributed by atoms with Gasteiger partial charge in [-0.15, -0.1) is 11.8 Å². The summed E-state index contributed by atoms with van der Waals surface area (Å²) >= 11 is 7.84. The van der Waals surface area contributed by atoms with Gasteiger partial charge >= 0.3 is 0 Å². The van der Waals surface area contributed by atoms with E-state index in [2.05, 4.69) is 13.0 Å². The second-order valence-electron chi connectivity index (χ2n) is 7.84. The molecular formula is C24H42ClNS. The lowest BCUT2D eigenvalue weighted by atomic mass is 10.0. The molecule has 0 bridgehead atoms. The van der Waals surface area contributed by atoms with Crippen molar-refractivity contribution >= 4 is 29.1 Å². The Labute approximate surface area is 178 Å². The first-order valence-corrected chi connectivity index (χ1v) is 12.8. The molecule has 0 saturated heterocycles. The van der Waals surface area contributed by atoms with Gasteiger partial charge in [0.2, 0.25) is 0 Å². The molecule has 0 aliphatic carbocycles. The van der Waals surface area contributed by atoms with Crippen molar-refractivity contribution in [3.8, 4) is 0 Å². The minimum Gasteiger partial charge on any atom is -0.397 e. The number of hydrogen-bond acceptors (Lipinski definition) is 2. The Hall–Kier alpha value is -0.340. The predicted molar refractivity (Wildman–Crippen MR) is 126 cm³/mol. The molecule has 0 aromatic heterocycles. The fourth-order valence-corrected chi connectivity index (χ4v) is 4.53. The van der Waals surface area contributed by atoms with Crippen molar-refractivity contribution in [2.75, 3.05) is 11.5 Å². The molecule has 1 rings (SSSR count). The van der Waals surface area contributed by atoms with Crippen LogP contribution >= 0.6 is 23.4 Å². The maximum Gasteiger partial charge on any atom is 0.0636 e. The molecule has 0 saturated carbocycles. The second-order valence-corrected chi connectivity index (χ2v) is 9.41. The molecule has 0 spiro atoms. The van der Waals surface area contributed by atoms with E-state index >= 15 is 0 Å². The van der Waals surface area contributed by atoms with Crippen molar-refractivity contribution in [2.24, 2.45) is 0 Å². The SMILES string of the molecule is CCCCCCCCCCCCCCCCCCSc1ccc(Cl)c(N)c1. The van der Waals surface area contributed by atoms with Gasteiger partial charge in [-0.3, -0.25) is 0 Å². The smallest absolute Gasteiger partial charge is 0.0636 e. The van der Waals surface area contributed by atoms with Crippen LogP contribution in [0.5, 0.6) is 0 Å². The Morgan fingerprint density at radius 2 is 1.15 bits per heavy atom. The Morgan fingerprint density at radius 1 is 0.704 bits per heavy atom. The van der Waals surface area contributed by atoms with E-state index in [4.69, 9.17) is 17.3 Å². The van der Waals surface area contributed by atoms with E-state index in [0.717, 1.165) is 0 Å². The third-order valence-corrected chi connectivity index (χ3v) is 6.66. The fourth-order valence-electron chi connectivity index (χ4n) is 3.45. The maximum atomic E-state index is 5.95. The first kappa shape index (κ1) is 24.7. The summed E-state index contributed by atoms with van der Waals surface area (Å²) in [5, 5.41) is 0.654. The lowest BCUT2D eigenvalue weighted by Crippen LogP contribution is -1.87. The summed E-state index contributed by atoms with van der Waals surface area (Å²) in [6.07, 6.45) is 22.8. The molecule has 3 heteroatoms. The number of nitrogens with two attached hydrogens (primary N) is 1. The van der Waals surface area contributed by atoms with Gasteiger partial charge < -0.3 is 5.73 Å². The zero-order valence-electron chi connectivity index (χ0n) is 17.6. The van der Waals surface area contributed by atoms with E-state index in [1.165, 1.54) is 113 Å². The molecule has 1 aromatic carbocycles. The van der Waals surface area contributed by atoms with Crippen LogP contribution in [0.1, 0.15) is 110 Å². The van der Waals surface area contributed by atoms with Gasteiger partial charge in [0.1, 0.15) is 0 Å². The van der Waals surface area contributed by atoms with E-state index in [9.17, 15) is 0 Å². The van der Waals surface area contributed by atoms with Crippen LogP contribution in [-0.4, -0.2) is 5.75 Å². The van der Waals surface area contributed by atoms with Gasteiger partial charge in [-0.2, -0.15) is 0 Å². The number of benzene rings is 1. The number of rotatable bonds is 18. The highest BCUT2D eigenvalue weighted by Gasteiger charge is 1.99. The van der Waals surface area contributed by atoms with Gasteiger partial charge in [-0.1, -0.05) is 115 Å². The highest BCUT2D eigenvalue weighted by Crippen LogP contribution is 2.27. The summed E-state index contributed by atoms with van der Waals surface area (Å²) in [4.78, 5) is 1.23. The van der Waals surface area contributed by atoms with Crippen LogP contribution in [0.3, 0.4) is 0 Å². The fraction of sp³-hybridized carbons (Fsp3) is 0.750. The number of halogens is 1. The minimum atomic E-state index is 0.654. The first-order valence-electron chi connectivity index (χ1n) is 11.4. The van der Waals surface area contributed by atoms with E-state index in [-0.39, 0.29) is 0 Å². The van der Waals surface area contributed by atoms with Gasteiger partial charge in [-0.05, 0) is 30.4 Å². The summed E-state index contributed by atoms with van der Waals surface area (Å²) < 4.78 is 0. The number of unbranched alkanes of at least 4 members (excludes halogenated alkanes) is 15. The lowest BCUT2D eigenvalue weighted by Gasteiger charge is -2.05. The predicted octanol–water partition coefficient (Wildman–Crippen LogP) is 9.28.